The lowest BCUT2D eigenvalue weighted by Gasteiger charge is -2.44. The molecule has 4 rings (SSSR count). The Labute approximate surface area is 139 Å². The molecule has 1 saturated heterocycles. The molecule has 1 aliphatic heterocycles. The van der Waals surface area contributed by atoms with Gasteiger partial charge < -0.3 is 14.2 Å². The molecule has 3 aliphatic rings. The van der Waals surface area contributed by atoms with Gasteiger partial charge in [0.25, 0.3) is 0 Å². The van der Waals surface area contributed by atoms with Crippen LogP contribution in [0.5, 0.6) is 5.75 Å². The summed E-state index contributed by atoms with van der Waals surface area (Å²) in [7, 11) is 2.71. The summed E-state index contributed by atoms with van der Waals surface area (Å²) < 4.78 is 16.0. The lowest BCUT2D eigenvalue weighted by atomic mass is 9.54. The average molecular weight is 330 g/mol. The first-order valence-corrected chi connectivity index (χ1v) is 8.08. The molecule has 0 amide bonds. The van der Waals surface area contributed by atoms with E-state index in [0.717, 1.165) is 12.8 Å². The van der Waals surface area contributed by atoms with Crippen LogP contribution < -0.4 is 4.74 Å². The van der Waals surface area contributed by atoms with Crippen LogP contribution in [-0.4, -0.2) is 37.5 Å². The number of ketones is 1. The molecule has 1 aromatic carbocycles. The molecular weight excluding hydrogens is 312 g/mol. The summed E-state index contributed by atoms with van der Waals surface area (Å²) in [4.78, 5) is 39.0. The van der Waals surface area contributed by atoms with Crippen LogP contribution in [0.4, 0.5) is 0 Å². The van der Waals surface area contributed by atoms with E-state index in [1.165, 1.54) is 14.2 Å². The zero-order valence-electron chi connectivity index (χ0n) is 13.6. The van der Waals surface area contributed by atoms with Crippen molar-refractivity contribution < 1.29 is 28.6 Å². The standard InChI is InChI=1S/C18H18O6/c1-22-11-7-5-6-10-13(11)14(19)17-9-4-3-8-12(17)18(10,15(20)23-2)16(21)24-17/h5-7,12H,3-4,8-9H2,1-2H3/t12-,17+,18+/m1/s1. The first-order chi connectivity index (χ1) is 11.5. The predicted molar refractivity (Wildman–Crippen MR) is 81.8 cm³/mol. The van der Waals surface area contributed by atoms with E-state index in [0.29, 0.717) is 24.2 Å². The minimum Gasteiger partial charge on any atom is -0.496 e. The van der Waals surface area contributed by atoms with Gasteiger partial charge in [-0.3, -0.25) is 14.4 Å². The molecule has 2 fully saturated rings. The molecule has 1 saturated carbocycles. The number of carbonyl (C=O) groups excluding carboxylic acids is 3. The van der Waals surface area contributed by atoms with Gasteiger partial charge >= 0.3 is 11.9 Å². The van der Waals surface area contributed by atoms with Crippen molar-refractivity contribution in [1.29, 1.82) is 0 Å². The van der Waals surface area contributed by atoms with E-state index >= 15 is 0 Å². The number of hydrogen-bond donors (Lipinski definition) is 0. The van der Waals surface area contributed by atoms with Gasteiger partial charge in [0.2, 0.25) is 5.78 Å². The number of methoxy groups -OCH3 is 2. The SMILES string of the molecule is COC(=O)[C@@]12C(=O)O[C@]3(CCCC[C@@H]13)C(=O)c1c(OC)cccc12. The first-order valence-electron chi connectivity index (χ1n) is 8.08. The summed E-state index contributed by atoms with van der Waals surface area (Å²) in [6.07, 6.45) is 2.62. The number of ether oxygens (including phenoxy) is 3. The fraction of sp³-hybridized carbons (Fsp3) is 0.500. The molecule has 1 heterocycles. The largest absolute Gasteiger partial charge is 0.496 e. The number of esters is 2. The van der Waals surface area contributed by atoms with Crippen LogP contribution in [0.25, 0.3) is 0 Å². The van der Waals surface area contributed by atoms with E-state index in [-0.39, 0.29) is 11.3 Å². The van der Waals surface area contributed by atoms with Crippen LogP contribution in [0.3, 0.4) is 0 Å². The third kappa shape index (κ3) is 1.45. The molecule has 0 N–H and O–H groups in total. The highest BCUT2D eigenvalue weighted by Crippen LogP contribution is 2.61. The molecule has 0 spiro atoms. The van der Waals surface area contributed by atoms with Gasteiger partial charge in [-0.2, -0.15) is 0 Å². The topological polar surface area (TPSA) is 78.9 Å². The van der Waals surface area contributed by atoms with Crippen molar-refractivity contribution in [2.24, 2.45) is 5.92 Å². The van der Waals surface area contributed by atoms with Crippen LogP contribution in [0, 0.1) is 5.92 Å². The van der Waals surface area contributed by atoms with E-state index in [1.807, 2.05) is 0 Å². The second-order valence-corrected chi connectivity index (χ2v) is 6.59. The maximum Gasteiger partial charge on any atom is 0.329 e. The Hall–Kier alpha value is -2.37. The monoisotopic (exact) mass is 330 g/mol. The highest BCUT2D eigenvalue weighted by molar-refractivity contribution is 6.20. The van der Waals surface area contributed by atoms with Crippen LogP contribution in [0.1, 0.15) is 41.6 Å². The fourth-order valence-corrected chi connectivity index (χ4v) is 4.81. The zero-order valence-corrected chi connectivity index (χ0v) is 13.6. The van der Waals surface area contributed by atoms with Crippen molar-refractivity contribution >= 4 is 17.7 Å². The smallest absolute Gasteiger partial charge is 0.329 e. The second kappa shape index (κ2) is 4.82. The average Bonchev–Trinajstić information content (AvgIpc) is 2.85. The molecule has 1 aromatic rings. The predicted octanol–water partition coefficient (Wildman–Crippen LogP) is 1.79. The number of hydrogen-bond acceptors (Lipinski definition) is 6. The fourth-order valence-electron chi connectivity index (χ4n) is 4.81. The Morgan fingerprint density at radius 1 is 1.25 bits per heavy atom. The lowest BCUT2D eigenvalue weighted by Crippen LogP contribution is -2.58. The molecule has 24 heavy (non-hydrogen) atoms. The Morgan fingerprint density at radius 3 is 2.75 bits per heavy atom. The molecule has 2 bridgehead atoms. The molecule has 3 atom stereocenters. The minimum atomic E-state index is -1.58. The van der Waals surface area contributed by atoms with Gasteiger partial charge in [-0.15, -0.1) is 0 Å². The van der Waals surface area contributed by atoms with E-state index in [1.54, 1.807) is 18.2 Å². The molecule has 6 heteroatoms. The van der Waals surface area contributed by atoms with E-state index in [9.17, 15) is 14.4 Å². The second-order valence-electron chi connectivity index (χ2n) is 6.59. The van der Waals surface area contributed by atoms with Gasteiger partial charge in [0.15, 0.2) is 11.0 Å². The third-order valence-electron chi connectivity index (χ3n) is 5.76. The minimum absolute atomic E-state index is 0.259. The number of Topliss-reactive ketones (excluding diaryl/α,β-unsaturated/α-hetero) is 1. The lowest BCUT2D eigenvalue weighted by molar-refractivity contribution is -0.158. The van der Waals surface area contributed by atoms with Crippen molar-refractivity contribution in [2.75, 3.05) is 14.2 Å². The van der Waals surface area contributed by atoms with E-state index in [2.05, 4.69) is 0 Å². The summed E-state index contributed by atoms with van der Waals surface area (Å²) in [6, 6.07) is 4.97. The van der Waals surface area contributed by atoms with Crippen LogP contribution in [0.2, 0.25) is 0 Å². The van der Waals surface area contributed by atoms with Gasteiger partial charge in [-0.05, 0) is 30.9 Å². The normalized spacial score (nSPS) is 33.3. The Bertz CT molecular complexity index is 769. The first kappa shape index (κ1) is 15.2. The zero-order chi connectivity index (χ0) is 17.1. The van der Waals surface area contributed by atoms with E-state index in [4.69, 9.17) is 14.2 Å². The van der Waals surface area contributed by atoms with E-state index < -0.39 is 28.9 Å². The van der Waals surface area contributed by atoms with Crippen molar-refractivity contribution in [2.45, 2.75) is 36.7 Å². The summed E-state index contributed by atoms with van der Waals surface area (Å²) in [6.45, 7) is 0. The van der Waals surface area contributed by atoms with Crippen molar-refractivity contribution in [1.82, 2.24) is 0 Å². The van der Waals surface area contributed by atoms with Crippen molar-refractivity contribution in [3.05, 3.63) is 29.3 Å². The summed E-state index contributed by atoms with van der Waals surface area (Å²) >= 11 is 0. The molecular formula is C18H18O6. The Kier molecular flexibility index (Phi) is 3.04. The molecule has 0 unspecified atom stereocenters. The van der Waals surface area contributed by atoms with Crippen molar-refractivity contribution in [3.63, 3.8) is 0 Å². The summed E-state index contributed by atoms with van der Waals surface area (Å²) in [5.74, 6) is -1.77. The molecule has 2 aliphatic carbocycles. The Morgan fingerprint density at radius 2 is 2.04 bits per heavy atom. The highest BCUT2D eigenvalue weighted by Gasteiger charge is 2.76. The number of carbonyl (C=O) groups is 3. The maximum absolute atomic E-state index is 13.3. The van der Waals surface area contributed by atoms with Gasteiger partial charge in [-0.25, -0.2) is 0 Å². The van der Waals surface area contributed by atoms with Crippen molar-refractivity contribution in [3.8, 4) is 5.75 Å². The van der Waals surface area contributed by atoms with Gasteiger partial charge in [-0.1, -0.05) is 18.6 Å². The Balaban J connectivity index is 2.11. The quantitative estimate of drug-likeness (QED) is 0.608. The highest BCUT2D eigenvalue weighted by atomic mass is 16.6. The number of fused-ring (bicyclic) bond motifs is 2. The van der Waals surface area contributed by atoms with Gasteiger partial charge in [0, 0.05) is 5.92 Å². The number of rotatable bonds is 2. The molecule has 126 valence electrons. The van der Waals surface area contributed by atoms with Gasteiger partial charge in [0.1, 0.15) is 5.75 Å². The molecule has 6 nitrogen and oxygen atoms in total. The van der Waals surface area contributed by atoms with Crippen LogP contribution in [0.15, 0.2) is 18.2 Å². The van der Waals surface area contributed by atoms with Gasteiger partial charge in [0.05, 0.1) is 19.8 Å². The summed E-state index contributed by atoms with van der Waals surface area (Å²) in [5.41, 5.74) is -2.23. The van der Waals surface area contributed by atoms with Crippen LogP contribution >= 0.6 is 0 Å². The number of benzene rings is 1. The summed E-state index contributed by atoms with van der Waals surface area (Å²) in [5, 5.41) is 0. The molecule has 0 radical (unpaired) electrons. The third-order valence-corrected chi connectivity index (χ3v) is 5.76. The maximum atomic E-state index is 13.3. The molecule has 0 aromatic heterocycles. The van der Waals surface area contributed by atoms with Crippen LogP contribution in [-0.2, 0) is 24.5 Å².